The second-order valence-corrected chi connectivity index (χ2v) is 4.80. The highest BCUT2D eigenvalue weighted by Crippen LogP contribution is 2.11. The van der Waals surface area contributed by atoms with Crippen molar-refractivity contribution in [3.8, 4) is 0 Å². The van der Waals surface area contributed by atoms with Crippen molar-refractivity contribution < 1.29 is 4.79 Å². The molecule has 0 unspecified atom stereocenters. The molecular weight excluding hydrogens is 248 g/mol. The van der Waals surface area contributed by atoms with Crippen LogP contribution in [0.15, 0.2) is 65.7 Å². The minimum Gasteiger partial charge on any atom is -0.334 e. The van der Waals surface area contributed by atoms with E-state index in [1.54, 1.807) is 0 Å². The van der Waals surface area contributed by atoms with Crippen molar-refractivity contribution in [3.05, 3.63) is 71.8 Å². The standard InChI is InChI=1S/C17H18N2O/c1-13(2)18-17(20)19-16(14-9-5-3-6-10-14)15-11-7-4-8-12-15/h3-13H,1-2H3,(H,18,20). The Kier molecular flexibility index (Phi) is 4.66. The second-order valence-electron chi connectivity index (χ2n) is 4.80. The maximum atomic E-state index is 11.9. The molecule has 1 N–H and O–H groups in total. The Labute approximate surface area is 119 Å². The van der Waals surface area contributed by atoms with Crippen LogP contribution in [0, 0.1) is 0 Å². The molecule has 0 aromatic heterocycles. The van der Waals surface area contributed by atoms with Gasteiger partial charge >= 0.3 is 6.03 Å². The Morgan fingerprint density at radius 1 is 0.900 bits per heavy atom. The molecule has 0 aliphatic heterocycles. The van der Waals surface area contributed by atoms with Gasteiger partial charge in [-0.15, -0.1) is 0 Å². The van der Waals surface area contributed by atoms with E-state index in [0.717, 1.165) is 11.1 Å². The van der Waals surface area contributed by atoms with Crippen LogP contribution in [0.1, 0.15) is 25.0 Å². The van der Waals surface area contributed by atoms with Crippen LogP contribution in [-0.4, -0.2) is 17.8 Å². The summed E-state index contributed by atoms with van der Waals surface area (Å²) in [7, 11) is 0. The molecule has 0 aliphatic rings. The van der Waals surface area contributed by atoms with Crippen LogP contribution >= 0.6 is 0 Å². The Morgan fingerprint density at radius 2 is 1.35 bits per heavy atom. The van der Waals surface area contributed by atoms with Gasteiger partial charge in [0.15, 0.2) is 0 Å². The third-order valence-electron chi connectivity index (χ3n) is 2.72. The molecule has 20 heavy (non-hydrogen) atoms. The number of carbonyl (C=O) groups excluding carboxylic acids is 1. The first-order valence-corrected chi connectivity index (χ1v) is 6.67. The van der Waals surface area contributed by atoms with Crippen molar-refractivity contribution in [2.75, 3.05) is 0 Å². The summed E-state index contributed by atoms with van der Waals surface area (Å²) in [5.74, 6) is 0. The molecule has 0 spiro atoms. The molecule has 0 saturated heterocycles. The summed E-state index contributed by atoms with van der Waals surface area (Å²) in [6.07, 6.45) is 0. The summed E-state index contributed by atoms with van der Waals surface area (Å²) in [4.78, 5) is 16.1. The van der Waals surface area contributed by atoms with Crippen molar-refractivity contribution in [2.24, 2.45) is 4.99 Å². The number of nitrogens with one attached hydrogen (secondary N) is 1. The van der Waals surface area contributed by atoms with Gasteiger partial charge in [-0.25, -0.2) is 4.79 Å². The van der Waals surface area contributed by atoms with Crippen LogP contribution < -0.4 is 5.32 Å². The van der Waals surface area contributed by atoms with Gasteiger partial charge in [0.05, 0.1) is 5.71 Å². The monoisotopic (exact) mass is 266 g/mol. The smallest absolute Gasteiger partial charge is 0.334 e. The van der Waals surface area contributed by atoms with Crippen LogP contribution in [0.25, 0.3) is 0 Å². The van der Waals surface area contributed by atoms with Crippen LogP contribution in [0.5, 0.6) is 0 Å². The molecule has 0 fully saturated rings. The number of rotatable bonds is 3. The van der Waals surface area contributed by atoms with Gasteiger partial charge in [0.25, 0.3) is 0 Å². The molecule has 2 rings (SSSR count). The molecular formula is C17H18N2O. The van der Waals surface area contributed by atoms with E-state index < -0.39 is 0 Å². The van der Waals surface area contributed by atoms with Crippen molar-refractivity contribution in [2.45, 2.75) is 19.9 Å². The van der Waals surface area contributed by atoms with Crippen molar-refractivity contribution in [1.29, 1.82) is 0 Å². The summed E-state index contributed by atoms with van der Waals surface area (Å²) in [5, 5.41) is 2.79. The first kappa shape index (κ1) is 14.0. The molecule has 2 amide bonds. The number of hydrogen-bond donors (Lipinski definition) is 1. The fourth-order valence-electron chi connectivity index (χ4n) is 1.87. The fraction of sp³-hybridized carbons (Fsp3) is 0.176. The van der Waals surface area contributed by atoms with E-state index in [1.807, 2.05) is 74.5 Å². The zero-order valence-electron chi connectivity index (χ0n) is 11.7. The van der Waals surface area contributed by atoms with E-state index in [0.29, 0.717) is 5.71 Å². The quantitative estimate of drug-likeness (QED) is 0.847. The third-order valence-corrected chi connectivity index (χ3v) is 2.72. The van der Waals surface area contributed by atoms with Crippen LogP contribution in [0.4, 0.5) is 4.79 Å². The van der Waals surface area contributed by atoms with Gasteiger partial charge in [-0.05, 0) is 13.8 Å². The summed E-state index contributed by atoms with van der Waals surface area (Å²) in [5.41, 5.74) is 2.54. The molecule has 2 aromatic carbocycles. The fourth-order valence-corrected chi connectivity index (χ4v) is 1.87. The second kappa shape index (κ2) is 6.66. The highest BCUT2D eigenvalue weighted by atomic mass is 16.2. The van der Waals surface area contributed by atoms with E-state index in [2.05, 4.69) is 10.3 Å². The highest BCUT2D eigenvalue weighted by molar-refractivity contribution is 6.16. The largest absolute Gasteiger partial charge is 0.341 e. The minimum atomic E-state index is -0.317. The predicted octanol–water partition coefficient (Wildman–Crippen LogP) is 3.64. The Morgan fingerprint density at radius 3 is 1.75 bits per heavy atom. The number of nitrogens with zero attached hydrogens (tertiary/aromatic N) is 1. The van der Waals surface area contributed by atoms with Gasteiger partial charge in [0, 0.05) is 17.2 Å². The van der Waals surface area contributed by atoms with E-state index in [4.69, 9.17) is 0 Å². The Bertz CT molecular complexity index is 547. The number of carbonyl (C=O) groups is 1. The number of urea groups is 1. The summed E-state index contributed by atoms with van der Waals surface area (Å²) < 4.78 is 0. The molecule has 102 valence electrons. The maximum Gasteiger partial charge on any atom is 0.341 e. The van der Waals surface area contributed by atoms with Gasteiger partial charge in [0.1, 0.15) is 0 Å². The average Bonchev–Trinajstić information content (AvgIpc) is 2.46. The van der Waals surface area contributed by atoms with Crippen LogP contribution in [-0.2, 0) is 0 Å². The lowest BCUT2D eigenvalue weighted by Crippen LogP contribution is -2.28. The van der Waals surface area contributed by atoms with Gasteiger partial charge in [0.2, 0.25) is 0 Å². The zero-order chi connectivity index (χ0) is 14.4. The first-order valence-electron chi connectivity index (χ1n) is 6.67. The zero-order valence-corrected chi connectivity index (χ0v) is 11.7. The third kappa shape index (κ3) is 3.79. The van der Waals surface area contributed by atoms with Gasteiger partial charge < -0.3 is 5.32 Å². The molecule has 0 atom stereocenters. The Balaban J connectivity index is 2.40. The number of aliphatic imine (C=N–C) groups is 1. The lowest BCUT2D eigenvalue weighted by atomic mass is 10.0. The molecule has 0 radical (unpaired) electrons. The average molecular weight is 266 g/mol. The number of benzene rings is 2. The number of hydrogen-bond acceptors (Lipinski definition) is 1. The van der Waals surface area contributed by atoms with Gasteiger partial charge in [-0.1, -0.05) is 60.7 Å². The summed E-state index contributed by atoms with van der Waals surface area (Å²) >= 11 is 0. The summed E-state index contributed by atoms with van der Waals surface area (Å²) in [6, 6.07) is 19.2. The van der Waals surface area contributed by atoms with Gasteiger partial charge in [-0.3, -0.25) is 0 Å². The SMILES string of the molecule is CC(C)NC(=O)N=C(c1ccccc1)c1ccccc1. The van der Waals surface area contributed by atoms with Crippen LogP contribution in [0.3, 0.4) is 0 Å². The Hall–Kier alpha value is -2.42. The summed E-state index contributed by atoms with van der Waals surface area (Å²) in [6.45, 7) is 3.83. The van der Waals surface area contributed by atoms with E-state index >= 15 is 0 Å². The van der Waals surface area contributed by atoms with Crippen molar-refractivity contribution in [1.82, 2.24) is 5.32 Å². The molecule has 3 heteroatoms. The predicted molar refractivity (Wildman–Crippen MR) is 82.2 cm³/mol. The normalized spacial score (nSPS) is 10.2. The highest BCUT2D eigenvalue weighted by Gasteiger charge is 2.09. The van der Waals surface area contributed by atoms with Gasteiger partial charge in [-0.2, -0.15) is 4.99 Å². The minimum absolute atomic E-state index is 0.0686. The van der Waals surface area contributed by atoms with Crippen LogP contribution in [0.2, 0.25) is 0 Å². The maximum absolute atomic E-state index is 11.9. The number of amides is 2. The molecule has 0 aliphatic carbocycles. The lowest BCUT2D eigenvalue weighted by Gasteiger charge is -2.09. The topological polar surface area (TPSA) is 41.5 Å². The lowest BCUT2D eigenvalue weighted by molar-refractivity contribution is 0.247. The van der Waals surface area contributed by atoms with E-state index in [1.165, 1.54) is 0 Å². The first-order chi connectivity index (χ1) is 9.66. The van der Waals surface area contributed by atoms with E-state index in [-0.39, 0.29) is 12.1 Å². The van der Waals surface area contributed by atoms with Crippen molar-refractivity contribution >= 4 is 11.7 Å². The molecule has 3 nitrogen and oxygen atoms in total. The van der Waals surface area contributed by atoms with Crippen molar-refractivity contribution in [3.63, 3.8) is 0 Å². The van der Waals surface area contributed by atoms with E-state index in [9.17, 15) is 4.79 Å². The molecule has 0 saturated carbocycles. The molecule has 0 bridgehead atoms. The molecule has 0 heterocycles. The molecule has 2 aromatic rings.